The molecule has 0 bridgehead atoms. The predicted molar refractivity (Wildman–Crippen MR) is 135 cm³/mol. The summed E-state index contributed by atoms with van der Waals surface area (Å²) < 4.78 is 10.8. The van der Waals surface area contributed by atoms with Gasteiger partial charge in [-0.2, -0.15) is 0 Å². The Balaban J connectivity index is 0.00000320. The summed E-state index contributed by atoms with van der Waals surface area (Å²) in [6.07, 6.45) is 1.91. The number of aryl methyl sites for hydroxylation is 3. The van der Waals surface area contributed by atoms with Crippen molar-refractivity contribution in [3.63, 3.8) is 0 Å². The number of hydrogen-bond donors (Lipinski definition) is 3. The van der Waals surface area contributed by atoms with Crippen molar-refractivity contribution in [3.8, 4) is 11.5 Å². The van der Waals surface area contributed by atoms with E-state index in [0.29, 0.717) is 0 Å². The van der Waals surface area contributed by atoms with Crippen LogP contribution in [0.4, 0.5) is 0 Å². The molecule has 164 valence electrons. The van der Waals surface area contributed by atoms with Crippen LogP contribution in [-0.2, 0) is 13.0 Å². The number of fused-ring (bicyclic) bond motifs is 1. The van der Waals surface area contributed by atoms with Gasteiger partial charge in [-0.05, 0) is 32.8 Å². The lowest BCUT2D eigenvalue weighted by Gasteiger charge is -2.11. The number of methoxy groups -OCH3 is 2. The van der Waals surface area contributed by atoms with Crippen LogP contribution in [-0.4, -0.2) is 43.7 Å². The molecular formula is C21H30IN5O2S. The molecular weight excluding hydrogens is 513 g/mol. The molecule has 3 N–H and O–H groups in total. The van der Waals surface area contributed by atoms with Crippen molar-refractivity contribution in [2.24, 2.45) is 4.99 Å². The highest BCUT2D eigenvalue weighted by Crippen LogP contribution is 2.31. The highest BCUT2D eigenvalue weighted by Gasteiger charge is 2.09. The van der Waals surface area contributed by atoms with E-state index in [1.165, 1.54) is 10.6 Å². The van der Waals surface area contributed by atoms with Gasteiger partial charge in [0.1, 0.15) is 11.5 Å². The zero-order valence-corrected chi connectivity index (χ0v) is 21.2. The summed E-state index contributed by atoms with van der Waals surface area (Å²) in [4.78, 5) is 13.5. The van der Waals surface area contributed by atoms with Crippen LogP contribution in [0.3, 0.4) is 0 Å². The van der Waals surface area contributed by atoms with Crippen molar-refractivity contribution in [3.05, 3.63) is 39.5 Å². The van der Waals surface area contributed by atoms with E-state index in [0.717, 1.165) is 65.0 Å². The van der Waals surface area contributed by atoms with Gasteiger partial charge in [0.15, 0.2) is 5.96 Å². The number of ether oxygens (including phenoxy) is 2. The molecule has 30 heavy (non-hydrogen) atoms. The number of halogens is 1. The number of aromatic amines is 1. The molecule has 3 rings (SSSR count). The maximum absolute atomic E-state index is 5.49. The van der Waals surface area contributed by atoms with Crippen LogP contribution in [0.25, 0.3) is 10.9 Å². The normalized spacial score (nSPS) is 11.3. The summed E-state index contributed by atoms with van der Waals surface area (Å²) in [5.41, 5.74) is 3.28. The van der Waals surface area contributed by atoms with Gasteiger partial charge in [0, 0.05) is 41.7 Å². The first-order chi connectivity index (χ1) is 14.0. The van der Waals surface area contributed by atoms with E-state index >= 15 is 0 Å². The van der Waals surface area contributed by atoms with Gasteiger partial charge in [0.25, 0.3) is 0 Å². The van der Waals surface area contributed by atoms with Crippen molar-refractivity contribution in [1.29, 1.82) is 0 Å². The minimum atomic E-state index is 0. The van der Waals surface area contributed by atoms with E-state index in [-0.39, 0.29) is 24.0 Å². The van der Waals surface area contributed by atoms with Crippen molar-refractivity contribution in [2.45, 2.75) is 33.2 Å². The molecule has 0 spiro atoms. The van der Waals surface area contributed by atoms with E-state index in [1.54, 1.807) is 32.6 Å². The second kappa shape index (κ2) is 11.4. The Morgan fingerprint density at radius 3 is 2.60 bits per heavy atom. The van der Waals surface area contributed by atoms with Gasteiger partial charge in [0.2, 0.25) is 0 Å². The monoisotopic (exact) mass is 543 g/mol. The number of aliphatic imine (C=N–C) groups is 1. The SMILES string of the molecule is CN=C(NCCCc1cc2c(OC)cc(OC)cc2[nH]1)NCc1sc(C)nc1C.I. The van der Waals surface area contributed by atoms with E-state index in [2.05, 4.69) is 31.7 Å². The summed E-state index contributed by atoms with van der Waals surface area (Å²) >= 11 is 1.72. The zero-order valence-electron chi connectivity index (χ0n) is 18.1. The lowest BCUT2D eigenvalue weighted by Crippen LogP contribution is -2.37. The maximum atomic E-state index is 5.49. The average Bonchev–Trinajstić information content (AvgIpc) is 3.28. The molecule has 1 aromatic carbocycles. The molecule has 0 saturated heterocycles. The Hall–Kier alpha value is -2.01. The van der Waals surface area contributed by atoms with Crippen LogP contribution in [0.2, 0.25) is 0 Å². The largest absolute Gasteiger partial charge is 0.497 e. The summed E-state index contributed by atoms with van der Waals surface area (Å²) in [5.74, 6) is 2.40. The van der Waals surface area contributed by atoms with Crippen LogP contribution in [0.15, 0.2) is 23.2 Å². The molecule has 0 aliphatic carbocycles. The molecule has 0 atom stereocenters. The summed E-state index contributed by atoms with van der Waals surface area (Å²) in [6, 6.07) is 6.05. The molecule has 0 aliphatic heterocycles. The molecule has 0 saturated carbocycles. The first kappa shape index (κ1) is 24.3. The van der Waals surface area contributed by atoms with Crippen molar-refractivity contribution >= 4 is 52.2 Å². The maximum Gasteiger partial charge on any atom is 0.191 e. The number of nitrogens with zero attached hydrogens (tertiary/aromatic N) is 2. The number of guanidine groups is 1. The van der Waals surface area contributed by atoms with Crippen LogP contribution < -0.4 is 20.1 Å². The number of benzene rings is 1. The molecule has 9 heteroatoms. The fourth-order valence-corrected chi connectivity index (χ4v) is 4.14. The van der Waals surface area contributed by atoms with E-state index in [9.17, 15) is 0 Å². The van der Waals surface area contributed by atoms with Gasteiger partial charge in [-0.1, -0.05) is 0 Å². The average molecular weight is 543 g/mol. The smallest absolute Gasteiger partial charge is 0.191 e. The van der Waals surface area contributed by atoms with Gasteiger partial charge in [-0.25, -0.2) is 4.98 Å². The van der Waals surface area contributed by atoms with Gasteiger partial charge in [-0.3, -0.25) is 4.99 Å². The third-order valence-electron chi connectivity index (χ3n) is 4.74. The minimum absolute atomic E-state index is 0. The van der Waals surface area contributed by atoms with Crippen LogP contribution in [0.5, 0.6) is 11.5 Å². The van der Waals surface area contributed by atoms with E-state index < -0.39 is 0 Å². The van der Waals surface area contributed by atoms with Crippen LogP contribution in [0, 0.1) is 13.8 Å². The molecule has 2 aromatic heterocycles. The summed E-state index contributed by atoms with van der Waals surface area (Å²) in [7, 11) is 5.13. The number of thiazole rings is 1. The Morgan fingerprint density at radius 2 is 1.97 bits per heavy atom. The van der Waals surface area contributed by atoms with Crippen molar-refractivity contribution in [2.75, 3.05) is 27.8 Å². The minimum Gasteiger partial charge on any atom is -0.497 e. The zero-order chi connectivity index (χ0) is 20.8. The highest BCUT2D eigenvalue weighted by atomic mass is 127. The van der Waals surface area contributed by atoms with Gasteiger partial charge >= 0.3 is 0 Å². The number of hydrogen-bond acceptors (Lipinski definition) is 5. The third-order valence-corrected chi connectivity index (χ3v) is 5.81. The van der Waals surface area contributed by atoms with Gasteiger partial charge in [-0.15, -0.1) is 35.3 Å². The standard InChI is InChI=1S/C21H29N5O2S.HI/c1-13-20(29-14(2)25-13)12-24-21(22-3)23-8-6-7-15-9-17-18(26-15)10-16(27-4)11-19(17)28-5;/h9-11,26H,6-8,12H2,1-5H3,(H2,22,23,24);1H. The second-order valence-corrected chi connectivity index (χ2v) is 8.07. The number of H-pyrrole nitrogens is 1. The second-order valence-electron chi connectivity index (χ2n) is 6.78. The molecule has 0 aliphatic rings. The third kappa shape index (κ3) is 6.00. The Morgan fingerprint density at radius 1 is 1.17 bits per heavy atom. The van der Waals surface area contributed by atoms with E-state index in [4.69, 9.17) is 9.47 Å². The fourth-order valence-electron chi connectivity index (χ4n) is 3.27. The van der Waals surface area contributed by atoms with Gasteiger partial charge < -0.3 is 25.1 Å². The Bertz CT molecular complexity index is 999. The van der Waals surface area contributed by atoms with E-state index in [1.807, 2.05) is 26.0 Å². The van der Waals surface area contributed by atoms with Crippen molar-refractivity contribution < 1.29 is 9.47 Å². The molecule has 0 amide bonds. The fraction of sp³-hybridized carbons (Fsp3) is 0.429. The summed E-state index contributed by atoms with van der Waals surface area (Å²) in [5, 5.41) is 8.90. The Labute approximate surface area is 198 Å². The first-order valence-corrected chi connectivity index (χ1v) is 10.5. The topological polar surface area (TPSA) is 83.6 Å². The van der Waals surface area contributed by atoms with Gasteiger partial charge in [0.05, 0.1) is 37.0 Å². The molecule has 0 unspecified atom stereocenters. The highest BCUT2D eigenvalue weighted by molar-refractivity contribution is 14.0. The lowest BCUT2D eigenvalue weighted by atomic mass is 10.2. The molecule has 7 nitrogen and oxygen atoms in total. The number of nitrogens with one attached hydrogen (secondary N) is 3. The first-order valence-electron chi connectivity index (χ1n) is 9.65. The number of aromatic nitrogens is 2. The quantitative estimate of drug-likeness (QED) is 0.172. The molecule has 0 fully saturated rings. The molecule has 0 radical (unpaired) electrons. The summed E-state index contributed by atoms with van der Waals surface area (Å²) in [6.45, 7) is 5.64. The van der Waals surface area contributed by atoms with Crippen LogP contribution in [0.1, 0.15) is 27.7 Å². The molecule has 3 aromatic rings. The Kier molecular flexibility index (Phi) is 9.22. The lowest BCUT2D eigenvalue weighted by molar-refractivity contribution is 0.398. The molecule has 2 heterocycles. The number of rotatable bonds is 8. The van der Waals surface area contributed by atoms with Crippen LogP contribution >= 0.6 is 35.3 Å². The van der Waals surface area contributed by atoms with Crippen molar-refractivity contribution in [1.82, 2.24) is 20.6 Å². The predicted octanol–water partition coefficient (Wildman–Crippen LogP) is 4.17.